The van der Waals surface area contributed by atoms with Crippen LogP contribution in [0.5, 0.6) is 0 Å². The second kappa shape index (κ2) is 7.63. The second-order valence-corrected chi connectivity index (χ2v) is 8.95. The highest BCUT2D eigenvalue weighted by Gasteiger charge is 2.56. The molecule has 7 nitrogen and oxygen atoms in total. The van der Waals surface area contributed by atoms with E-state index < -0.39 is 0 Å². The summed E-state index contributed by atoms with van der Waals surface area (Å²) < 4.78 is 5.47. The van der Waals surface area contributed by atoms with Crippen molar-refractivity contribution in [2.24, 2.45) is 11.8 Å². The molecule has 1 aromatic carbocycles. The van der Waals surface area contributed by atoms with Gasteiger partial charge in [0.1, 0.15) is 5.82 Å². The maximum Gasteiger partial charge on any atom is 0.260 e. The van der Waals surface area contributed by atoms with E-state index in [0.717, 1.165) is 61.4 Å². The molecule has 2 aliphatic heterocycles. The number of fused-ring (bicyclic) bond motifs is 2. The van der Waals surface area contributed by atoms with Gasteiger partial charge in [-0.3, -0.25) is 10.2 Å². The van der Waals surface area contributed by atoms with Crippen molar-refractivity contribution < 1.29 is 9.53 Å². The van der Waals surface area contributed by atoms with Crippen molar-refractivity contribution in [1.29, 1.82) is 5.41 Å². The number of anilines is 1. The van der Waals surface area contributed by atoms with Gasteiger partial charge in [-0.2, -0.15) is 0 Å². The van der Waals surface area contributed by atoms with Crippen LogP contribution in [0.2, 0.25) is 0 Å². The van der Waals surface area contributed by atoms with Crippen LogP contribution in [0.4, 0.5) is 5.82 Å². The smallest absolute Gasteiger partial charge is 0.260 e. The number of nitrogens with one attached hydrogen (secondary N) is 3. The number of hydrogen-bond donors (Lipinski definition) is 3. The van der Waals surface area contributed by atoms with E-state index in [1.807, 2.05) is 19.1 Å². The van der Waals surface area contributed by atoms with Gasteiger partial charge in [0.05, 0.1) is 16.9 Å². The van der Waals surface area contributed by atoms with Crippen LogP contribution in [-0.2, 0) is 4.74 Å². The van der Waals surface area contributed by atoms with Gasteiger partial charge in [-0.1, -0.05) is 11.6 Å². The molecule has 1 saturated carbocycles. The molecule has 0 radical (unpaired) electrons. The van der Waals surface area contributed by atoms with Crippen molar-refractivity contribution >= 4 is 28.5 Å². The molecule has 1 aliphatic carbocycles. The molecule has 3 N–H and O–H groups in total. The predicted octanol–water partition coefficient (Wildman–Crippen LogP) is 2.47. The Labute approximate surface area is 176 Å². The summed E-state index contributed by atoms with van der Waals surface area (Å²) in [6.07, 6.45) is 2.19. The maximum atomic E-state index is 12.8. The Hall–Kier alpha value is -2.51. The average Bonchev–Trinajstić information content (AvgIpc) is 3.16. The number of rotatable bonds is 4. The molecular formula is C23H29N5O2. The molecule has 2 saturated heterocycles. The van der Waals surface area contributed by atoms with E-state index in [2.05, 4.69) is 27.7 Å². The van der Waals surface area contributed by atoms with Gasteiger partial charge in [0.2, 0.25) is 0 Å². The third kappa shape index (κ3) is 3.68. The number of pyridine rings is 1. The number of carbonyl (C=O) groups excluding carboxylic acids is 1. The first-order valence-corrected chi connectivity index (χ1v) is 10.9. The number of aryl methyl sites for hydroxylation is 1. The fourth-order valence-corrected chi connectivity index (χ4v) is 5.01. The zero-order valence-electron chi connectivity index (χ0n) is 17.6. The Balaban J connectivity index is 1.37. The number of benzene rings is 1. The summed E-state index contributed by atoms with van der Waals surface area (Å²) in [6.45, 7) is 7.16. The molecule has 3 fully saturated rings. The predicted molar refractivity (Wildman–Crippen MR) is 117 cm³/mol. The first kappa shape index (κ1) is 19.5. The lowest BCUT2D eigenvalue weighted by atomic mass is 10.1. The SMILES string of the molecule is CC(=N)NC(=O)c1cc2cc(C)ccc2nc1N1C[C@@H]2C(NC3CCOCC3)[C@@H]2C1. The monoisotopic (exact) mass is 407 g/mol. The molecule has 1 amide bonds. The third-order valence-electron chi connectivity index (χ3n) is 6.64. The molecule has 3 atom stereocenters. The highest BCUT2D eigenvalue weighted by Crippen LogP contribution is 2.47. The van der Waals surface area contributed by atoms with E-state index in [4.69, 9.17) is 15.1 Å². The molecule has 1 unspecified atom stereocenters. The summed E-state index contributed by atoms with van der Waals surface area (Å²) in [4.78, 5) is 20.0. The van der Waals surface area contributed by atoms with Crippen molar-refractivity contribution in [3.8, 4) is 0 Å². The van der Waals surface area contributed by atoms with E-state index in [-0.39, 0.29) is 11.7 Å². The fraction of sp³-hybridized carbons (Fsp3) is 0.522. The van der Waals surface area contributed by atoms with Crippen LogP contribution in [0.15, 0.2) is 24.3 Å². The van der Waals surface area contributed by atoms with Gasteiger partial charge in [0.25, 0.3) is 5.91 Å². The Morgan fingerprint density at radius 1 is 1.20 bits per heavy atom. The van der Waals surface area contributed by atoms with Crippen molar-refractivity contribution in [3.63, 3.8) is 0 Å². The lowest BCUT2D eigenvalue weighted by Crippen LogP contribution is -2.40. The maximum absolute atomic E-state index is 12.8. The van der Waals surface area contributed by atoms with Crippen LogP contribution < -0.4 is 15.5 Å². The first-order valence-electron chi connectivity index (χ1n) is 10.9. The van der Waals surface area contributed by atoms with E-state index in [1.165, 1.54) is 0 Å². The minimum absolute atomic E-state index is 0.139. The highest BCUT2D eigenvalue weighted by atomic mass is 16.5. The molecule has 2 aromatic rings. The molecule has 1 aromatic heterocycles. The van der Waals surface area contributed by atoms with E-state index in [9.17, 15) is 4.79 Å². The molecule has 3 heterocycles. The van der Waals surface area contributed by atoms with Crippen molar-refractivity contribution in [2.45, 2.75) is 38.8 Å². The van der Waals surface area contributed by atoms with Crippen LogP contribution in [0.3, 0.4) is 0 Å². The van der Waals surface area contributed by atoms with Gasteiger partial charge >= 0.3 is 0 Å². The summed E-state index contributed by atoms with van der Waals surface area (Å²) in [5, 5.41) is 15.1. The van der Waals surface area contributed by atoms with Gasteiger partial charge < -0.3 is 20.3 Å². The number of carbonyl (C=O) groups is 1. The molecular weight excluding hydrogens is 378 g/mol. The van der Waals surface area contributed by atoms with E-state index >= 15 is 0 Å². The van der Waals surface area contributed by atoms with Gasteiger partial charge in [-0.25, -0.2) is 4.98 Å². The lowest BCUT2D eigenvalue weighted by Gasteiger charge is -2.27. The van der Waals surface area contributed by atoms with Gasteiger partial charge in [-0.15, -0.1) is 0 Å². The largest absolute Gasteiger partial charge is 0.381 e. The quantitative estimate of drug-likeness (QED) is 0.535. The third-order valence-corrected chi connectivity index (χ3v) is 6.64. The van der Waals surface area contributed by atoms with Crippen LogP contribution in [0, 0.1) is 24.2 Å². The van der Waals surface area contributed by atoms with E-state index in [1.54, 1.807) is 6.92 Å². The molecule has 3 aliphatic rings. The summed E-state index contributed by atoms with van der Waals surface area (Å²) in [6, 6.07) is 9.19. The van der Waals surface area contributed by atoms with Crippen LogP contribution in [0.1, 0.15) is 35.7 Å². The molecule has 0 bridgehead atoms. The molecule has 158 valence electrons. The summed E-state index contributed by atoms with van der Waals surface area (Å²) >= 11 is 0. The minimum atomic E-state index is -0.258. The van der Waals surface area contributed by atoms with E-state index in [0.29, 0.717) is 29.5 Å². The summed E-state index contributed by atoms with van der Waals surface area (Å²) in [7, 11) is 0. The normalized spacial score (nSPS) is 25.9. The average molecular weight is 408 g/mol. The number of nitrogens with zero attached hydrogens (tertiary/aromatic N) is 2. The fourth-order valence-electron chi connectivity index (χ4n) is 5.01. The van der Waals surface area contributed by atoms with Crippen molar-refractivity contribution in [1.82, 2.24) is 15.6 Å². The van der Waals surface area contributed by atoms with Crippen molar-refractivity contribution in [3.05, 3.63) is 35.4 Å². The highest BCUT2D eigenvalue weighted by molar-refractivity contribution is 6.09. The van der Waals surface area contributed by atoms with Crippen LogP contribution >= 0.6 is 0 Å². The Bertz CT molecular complexity index is 988. The second-order valence-electron chi connectivity index (χ2n) is 8.95. The summed E-state index contributed by atoms with van der Waals surface area (Å²) in [5.41, 5.74) is 2.59. The van der Waals surface area contributed by atoms with Crippen molar-refractivity contribution in [2.75, 3.05) is 31.2 Å². The molecule has 0 spiro atoms. The Morgan fingerprint density at radius 2 is 1.93 bits per heavy atom. The first-order chi connectivity index (χ1) is 14.5. The number of ether oxygens (including phenoxy) is 1. The molecule has 30 heavy (non-hydrogen) atoms. The van der Waals surface area contributed by atoms with Gasteiger partial charge in [0.15, 0.2) is 0 Å². The number of hydrogen-bond acceptors (Lipinski definition) is 6. The van der Waals surface area contributed by atoms with Crippen LogP contribution in [0.25, 0.3) is 10.9 Å². The number of amides is 1. The Kier molecular flexibility index (Phi) is 4.95. The minimum Gasteiger partial charge on any atom is -0.381 e. The lowest BCUT2D eigenvalue weighted by molar-refractivity contribution is 0.0768. The number of amidine groups is 1. The number of aromatic nitrogens is 1. The summed E-state index contributed by atoms with van der Waals surface area (Å²) in [5.74, 6) is 1.85. The van der Waals surface area contributed by atoms with Crippen LogP contribution in [-0.4, -0.2) is 55.1 Å². The Morgan fingerprint density at radius 3 is 2.63 bits per heavy atom. The molecule has 7 heteroatoms. The van der Waals surface area contributed by atoms with Gasteiger partial charge in [-0.05, 0) is 56.7 Å². The zero-order valence-corrected chi connectivity index (χ0v) is 17.6. The van der Waals surface area contributed by atoms with Gasteiger partial charge in [0, 0.05) is 43.8 Å². The topological polar surface area (TPSA) is 90.3 Å². The number of piperidine rings is 1. The zero-order chi connectivity index (χ0) is 20.8. The standard InChI is InChI=1S/C23H29N5O2/c1-13-3-4-20-15(9-13)10-17(23(29)25-14(2)24)22(27-20)28-11-18-19(12-28)21(18)26-16-5-7-30-8-6-16/h3-4,9-10,16,18-19,21,26H,5-8,11-12H2,1-2H3,(H2,24,25,29)/t18-,19+,21?. The molecule has 5 rings (SSSR count).